The molecule has 0 aliphatic rings. The number of ether oxygens (including phenoxy) is 1. The van der Waals surface area contributed by atoms with Gasteiger partial charge in [0.1, 0.15) is 6.73 Å². The zero-order valence-corrected chi connectivity index (χ0v) is 8.78. The molecule has 0 amide bonds. The molecule has 0 fully saturated rings. The first-order chi connectivity index (χ1) is 7.92. The fourth-order valence-electron chi connectivity index (χ4n) is 1.40. The van der Waals surface area contributed by atoms with Crippen LogP contribution in [0.2, 0.25) is 0 Å². The number of aromatic nitrogens is 3. The molecule has 0 radical (unpaired) electrons. The van der Waals surface area contributed by atoms with E-state index < -0.39 is 0 Å². The molecule has 0 spiro atoms. The van der Waals surface area contributed by atoms with Crippen molar-refractivity contribution in [3.05, 3.63) is 36.5 Å². The van der Waals surface area contributed by atoms with E-state index in [-0.39, 0.29) is 6.61 Å². The van der Waals surface area contributed by atoms with Crippen molar-refractivity contribution in [2.24, 2.45) is 0 Å². The maximum atomic E-state index is 8.61. The summed E-state index contributed by atoms with van der Waals surface area (Å²) in [6.07, 6.45) is 1.69. The van der Waals surface area contributed by atoms with Gasteiger partial charge in [-0.05, 0) is 0 Å². The molecule has 0 saturated carbocycles. The minimum atomic E-state index is 0.00929. The maximum Gasteiger partial charge on any atom is 0.141 e. The van der Waals surface area contributed by atoms with Gasteiger partial charge in [-0.15, -0.1) is 5.10 Å². The van der Waals surface area contributed by atoms with Crippen LogP contribution in [0.5, 0.6) is 0 Å². The second-order valence-electron chi connectivity index (χ2n) is 3.25. The van der Waals surface area contributed by atoms with Crippen molar-refractivity contribution in [3.63, 3.8) is 0 Å². The lowest BCUT2D eigenvalue weighted by molar-refractivity contribution is 0.0418. The molecule has 0 aliphatic carbocycles. The van der Waals surface area contributed by atoms with Gasteiger partial charge in [-0.2, -0.15) is 0 Å². The Hall–Kier alpha value is -1.72. The first-order valence-corrected chi connectivity index (χ1v) is 5.04. The molecule has 5 heteroatoms. The van der Waals surface area contributed by atoms with Gasteiger partial charge in [0.15, 0.2) is 0 Å². The minimum Gasteiger partial charge on any atom is -0.394 e. The fraction of sp³-hybridized carbons (Fsp3) is 0.273. The van der Waals surface area contributed by atoms with Gasteiger partial charge in [0.2, 0.25) is 0 Å². The van der Waals surface area contributed by atoms with E-state index in [4.69, 9.17) is 9.84 Å². The summed E-state index contributed by atoms with van der Waals surface area (Å²) < 4.78 is 6.86. The number of aliphatic hydroxyl groups excluding tert-OH is 1. The van der Waals surface area contributed by atoms with Gasteiger partial charge in [-0.1, -0.05) is 35.5 Å². The zero-order chi connectivity index (χ0) is 11.2. The minimum absolute atomic E-state index is 0.00929. The van der Waals surface area contributed by atoms with Crippen molar-refractivity contribution in [2.75, 3.05) is 13.2 Å². The highest BCUT2D eigenvalue weighted by molar-refractivity contribution is 5.57. The van der Waals surface area contributed by atoms with Crippen LogP contribution in [-0.4, -0.2) is 33.3 Å². The highest BCUT2D eigenvalue weighted by atomic mass is 16.5. The number of hydrogen-bond acceptors (Lipinski definition) is 4. The predicted octanol–water partition coefficient (Wildman–Crippen LogP) is 0.911. The van der Waals surface area contributed by atoms with E-state index in [9.17, 15) is 0 Å². The summed E-state index contributed by atoms with van der Waals surface area (Å²) in [6.45, 7) is 0.605. The lowest BCUT2D eigenvalue weighted by atomic mass is 10.2. The lowest BCUT2D eigenvalue weighted by Gasteiger charge is -2.06. The Morgan fingerprint density at radius 1 is 1.25 bits per heavy atom. The third-order valence-corrected chi connectivity index (χ3v) is 2.14. The molecular weight excluding hydrogens is 206 g/mol. The maximum absolute atomic E-state index is 8.61. The number of benzene rings is 1. The molecule has 0 bridgehead atoms. The van der Waals surface area contributed by atoms with Crippen molar-refractivity contribution < 1.29 is 9.84 Å². The van der Waals surface area contributed by atoms with Crippen molar-refractivity contribution in [2.45, 2.75) is 6.73 Å². The number of rotatable bonds is 5. The SMILES string of the molecule is OCCOCn1nncc1-c1ccccc1. The number of nitrogens with zero attached hydrogens (tertiary/aromatic N) is 3. The van der Waals surface area contributed by atoms with E-state index in [2.05, 4.69) is 10.3 Å². The normalized spacial score (nSPS) is 10.6. The molecule has 1 N–H and O–H groups in total. The van der Waals surface area contributed by atoms with Crippen LogP contribution in [0.15, 0.2) is 36.5 Å². The Balaban J connectivity index is 2.13. The molecule has 16 heavy (non-hydrogen) atoms. The Morgan fingerprint density at radius 3 is 2.81 bits per heavy atom. The quantitative estimate of drug-likeness (QED) is 0.759. The average molecular weight is 219 g/mol. The van der Waals surface area contributed by atoms with Gasteiger partial charge < -0.3 is 9.84 Å². The molecule has 0 atom stereocenters. The molecule has 2 aromatic rings. The van der Waals surface area contributed by atoms with E-state index in [0.29, 0.717) is 13.3 Å². The van der Waals surface area contributed by atoms with Gasteiger partial charge in [-0.3, -0.25) is 0 Å². The van der Waals surface area contributed by atoms with Gasteiger partial charge in [0, 0.05) is 5.56 Å². The van der Waals surface area contributed by atoms with Gasteiger partial charge in [0.05, 0.1) is 25.1 Å². The first kappa shape index (κ1) is 10.8. The van der Waals surface area contributed by atoms with Crippen molar-refractivity contribution >= 4 is 0 Å². The Labute approximate surface area is 93.3 Å². The van der Waals surface area contributed by atoms with Crippen LogP contribution in [0.3, 0.4) is 0 Å². The molecule has 1 aromatic carbocycles. The molecule has 0 saturated heterocycles. The average Bonchev–Trinajstić information content (AvgIpc) is 2.79. The van der Waals surface area contributed by atoms with Crippen molar-refractivity contribution in [3.8, 4) is 11.3 Å². The second-order valence-corrected chi connectivity index (χ2v) is 3.25. The zero-order valence-electron chi connectivity index (χ0n) is 8.78. The number of aliphatic hydroxyl groups is 1. The third kappa shape index (κ3) is 2.44. The van der Waals surface area contributed by atoms with E-state index in [0.717, 1.165) is 11.3 Å². The molecule has 1 aromatic heterocycles. The van der Waals surface area contributed by atoms with Crippen LogP contribution in [0, 0.1) is 0 Å². The summed E-state index contributed by atoms with van der Waals surface area (Å²) in [5.41, 5.74) is 1.94. The monoisotopic (exact) mass is 219 g/mol. The van der Waals surface area contributed by atoms with E-state index >= 15 is 0 Å². The summed E-state index contributed by atoms with van der Waals surface area (Å²) in [6, 6.07) is 9.85. The molecule has 0 aliphatic heterocycles. The highest BCUT2D eigenvalue weighted by Gasteiger charge is 2.05. The van der Waals surface area contributed by atoms with E-state index in [1.807, 2.05) is 30.3 Å². The Morgan fingerprint density at radius 2 is 2.06 bits per heavy atom. The van der Waals surface area contributed by atoms with Crippen molar-refractivity contribution in [1.29, 1.82) is 0 Å². The van der Waals surface area contributed by atoms with Crippen LogP contribution in [-0.2, 0) is 11.5 Å². The summed E-state index contributed by atoms with van der Waals surface area (Å²) >= 11 is 0. The smallest absolute Gasteiger partial charge is 0.141 e. The van der Waals surface area contributed by atoms with E-state index in [1.165, 1.54) is 0 Å². The number of hydrogen-bond donors (Lipinski definition) is 1. The van der Waals surface area contributed by atoms with Crippen LogP contribution < -0.4 is 0 Å². The Kier molecular flexibility index (Phi) is 3.63. The second kappa shape index (κ2) is 5.39. The van der Waals surface area contributed by atoms with Crippen LogP contribution in [0.25, 0.3) is 11.3 Å². The predicted molar refractivity (Wildman–Crippen MR) is 58.5 cm³/mol. The van der Waals surface area contributed by atoms with Crippen LogP contribution >= 0.6 is 0 Å². The highest BCUT2D eigenvalue weighted by Crippen LogP contribution is 2.16. The standard InChI is InChI=1S/C11H13N3O2/c15-6-7-16-9-14-11(8-12-13-14)10-4-2-1-3-5-10/h1-5,8,15H,6-7,9H2. The fourth-order valence-corrected chi connectivity index (χ4v) is 1.40. The lowest BCUT2D eigenvalue weighted by Crippen LogP contribution is -2.08. The molecule has 2 rings (SSSR count). The van der Waals surface area contributed by atoms with Gasteiger partial charge >= 0.3 is 0 Å². The van der Waals surface area contributed by atoms with Crippen molar-refractivity contribution in [1.82, 2.24) is 15.0 Å². The molecule has 84 valence electrons. The summed E-state index contributed by atoms with van der Waals surface area (Å²) in [5.74, 6) is 0. The van der Waals surface area contributed by atoms with E-state index in [1.54, 1.807) is 10.9 Å². The van der Waals surface area contributed by atoms with Crippen LogP contribution in [0.4, 0.5) is 0 Å². The first-order valence-electron chi connectivity index (χ1n) is 5.04. The Bertz CT molecular complexity index is 428. The van der Waals surface area contributed by atoms with Gasteiger partial charge in [-0.25, -0.2) is 4.68 Å². The van der Waals surface area contributed by atoms with Gasteiger partial charge in [0.25, 0.3) is 0 Å². The molecule has 5 nitrogen and oxygen atoms in total. The molecule has 1 heterocycles. The third-order valence-electron chi connectivity index (χ3n) is 2.14. The molecular formula is C11H13N3O2. The summed E-state index contributed by atoms with van der Waals surface area (Å²) in [4.78, 5) is 0. The molecule has 0 unspecified atom stereocenters. The summed E-state index contributed by atoms with van der Waals surface area (Å²) in [5, 5.41) is 16.4. The largest absolute Gasteiger partial charge is 0.394 e. The topological polar surface area (TPSA) is 60.2 Å². The van der Waals surface area contributed by atoms with Crippen LogP contribution in [0.1, 0.15) is 0 Å². The summed E-state index contributed by atoms with van der Waals surface area (Å²) in [7, 11) is 0.